The molecule has 1 N–H and O–H groups in total. The molecule has 0 unspecified atom stereocenters. The quantitative estimate of drug-likeness (QED) is 0.833. The van der Waals surface area contributed by atoms with Gasteiger partial charge < -0.3 is 10.2 Å². The number of carbonyl (C=O) groups excluding carboxylic acids is 1. The van der Waals surface area contributed by atoms with Gasteiger partial charge in [-0.1, -0.05) is 0 Å². The molecule has 0 atom stereocenters. The van der Waals surface area contributed by atoms with E-state index in [4.69, 9.17) is 4.84 Å². The minimum atomic E-state index is -0.209. The van der Waals surface area contributed by atoms with Crippen LogP contribution in [0.3, 0.4) is 0 Å². The fourth-order valence-corrected chi connectivity index (χ4v) is 5.22. The molecular weight excluding hydrogens is 240 g/mol. The molecule has 5 aliphatic rings. The second kappa shape index (κ2) is 4.65. The highest BCUT2D eigenvalue weighted by molar-refractivity contribution is 5.67. The Morgan fingerprint density at radius 3 is 2.11 bits per heavy atom. The van der Waals surface area contributed by atoms with Gasteiger partial charge in [0.05, 0.1) is 0 Å². The molecule has 0 aromatic heterocycles. The van der Waals surface area contributed by atoms with Crippen molar-refractivity contribution < 1.29 is 9.63 Å². The highest BCUT2D eigenvalue weighted by Crippen LogP contribution is 2.53. The van der Waals surface area contributed by atoms with E-state index in [1.165, 1.54) is 32.1 Å². The third-order valence-electron chi connectivity index (χ3n) is 5.79. The first kappa shape index (κ1) is 12.0. The number of hydroxylamine groups is 2. The van der Waals surface area contributed by atoms with E-state index in [2.05, 4.69) is 5.32 Å². The molecule has 1 aliphatic heterocycles. The maximum absolute atomic E-state index is 12.0. The molecule has 4 saturated carbocycles. The number of nitrogens with one attached hydrogen (secondary N) is 1. The van der Waals surface area contributed by atoms with Crippen molar-refractivity contribution in [1.29, 1.82) is 0 Å². The van der Waals surface area contributed by atoms with Crippen LogP contribution in [0, 0.1) is 23.7 Å². The molecular formula is C15H24N2O2. The van der Waals surface area contributed by atoms with Crippen LogP contribution in [0.2, 0.25) is 0 Å². The van der Waals surface area contributed by atoms with Crippen LogP contribution in [-0.2, 0) is 4.84 Å². The lowest BCUT2D eigenvalue weighted by Crippen LogP contribution is -2.56. The molecule has 0 spiro atoms. The highest BCUT2D eigenvalue weighted by atomic mass is 16.7. The van der Waals surface area contributed by atoms with Crippen LogP contribution < -0.4 is 5.32 Å². The number of carbonyl (C=O) groups is 1. The van der Waals surface area contributed by atoms with Crippen molar-refractivity contribution in [3.8, 4) is 0 Å². The maximum atomic E-state index is 12.0. The topological polar surface area (TPSA) is 41.6 Å². The standard InChI is InChI=1S/C15H24N2O2/c18-15(19-17-3-1-2-4-17)16-14-12-6-10-5-11(8-12)9-13(14)7-10/h10-14H,1-9H2,(H,16,18). The second-order valence-corrected chi connectivity index (χ2v) is 7.12. The van der Waals surface area contributed by atoms with Crippen LogP contribution >= 0.6 is 0 Å². The van der Waals surface area contributed by atoms with Crippen molar-refractivity contribution in [3.05, 3.63) is 0 Å². The zero-order valence-electron chi connectivity index (χ0n) is 11.5. The van der Waals surface area contributed by atoms with E-state index in [1.807, 2.05) is 5.06 Å². The average Bonchev–Trinajstić information content (AvgIpc) is 2.85. The van der Waals surface area contributed by atoms with Gasteiger partial charge >= 0.3 is 6.09 Å². The molecule has 1 heterocycles. The Balaban J connectivity index is 1.36. The van der Waals surface area contributed by atoms with E-state index in [9.17, 15) is 4.79 Å². The van der Waals surface area contributed by atoms with Gasteiger partial charge in [0.25, 0.3) is 0 Å². The van der Waals surface area contributed by atoms with Crippen LogP contribution in [0.15, 0.2) is 0 Å². The van der Waals surface area contributed by atoms with Gasteiger partial charge in [-0.15, -0.1) is 5.06 Å². The van der Waals surface area contributed by atoms with Gasteiger partial charge in [-0.2, -0.15) is 0 Å². The van der Waals surface area contributed by atoms with Crippen LogP contribution in [-0.4, -0.2) is 30.3 Å². The fraction of sp³-hybridized carbons (Fsp3) is 0.933. The zero-order valence-corrected chi connectivity index (χ0v) is 11.5. The van der Waals surface area contributed by atoms with E-state index in [0.29, 0.717) is 6.04 Å². The van der Waals surface area contributed by atoms with Crippen LogP contribution in [0.1, 0.15) is 44.9 Å². The summed E-state index contributed by atoms with van der Waals surface area (Å²) in [5.74, 6) is 3.36. The van der Waals surface area contributed by atoms with E-state index >= 15 is 0 Å². The monoisotopic (exact) mass is 264 g/mol. The average molecular weight is 264 g/mol. The lowest BCUT2D eigenvalue weighted by molar-refractivity contribution is -0.0881. The van der Waals surface area contributed by atoms with E-state index in [-0.39, 0.29) is 6.09 Å². The van der Waals surface area contributed by atoms with Crippen molar-refractivity contribution in [2.75, 3.05) is 13.1 Å². The van der Waals surface area contributed by atoms with Crippen molar-refractivity contribution in [3.63, 3.8) is 0 Å². The third kappa shape index (κ3) is 2.24. The zero-order chi connectivity index (χ0) is 12.8. The summed E-state index contributed by atoms with van der Waals surface area (Å²) in [6, 6.07) is 0.392. The van der Waals surface area contributed by atoms with Crippen molar-refractivity contribution in [2.45, 2.75) is 51.0 Å². The summed E-state index contributed by atoms with van der Waals surface area (Å²) in [6.45, 7) is 1.80. The lowest BCUT2D eigenvalue weighted by atomic mass is 9.54. The summed E-state index contributed by atoms with van der Waals surface area (Å²) < 4.78 is 0. The van der Waals surface area contributed by atoms with E-state index < -0.39 is 0 Å². The van der Waals surface area contributed by atoms with Gasteiger partial charge in [0.15, 0.2) is 0 Å². The van der Waals surface area contributed by atoms with E-state index in [1.54, 1.807) is 0 Å². The first-order chi connectivity index (χ1) is 9.28. The molecule has 4 nitrogen and oxygen atoms in total. The molecule has 4 heteroatoms. The number of hydrogen-bond acceptors (Lipinski definition) is 3. The first-order valence-electron chi connectivity index (χ1n) is 8.01. The number of rotatable bonds is 2. The number of amides is 1. The largest absolute Gasteiger partial charge is 0.426 e. The van der Waals surface area contributed by atoms with Gasteiger partial charge in [-0.05, 0) is 68.6 Å². The predicted octanol–water partition coefficient (Wildman–Crippen LogP) is 2.55. The number of nitrogens with zero attached hydrogens (tertiary/aromatic N) is 1. The summed E-state index contributed by atoms with van der Waals surface area (Å²) in [6.07, 6.45) is 8.88. The Hall–Kier alpha value is -0.770. The smallest absolute Gasteiger partial charge is 0.351 e. The summed E-state index contributed by atoms with van der Waals surface area (Å²) >= 11 is 0. The Morgan fingerprint density at radius 1 is 0.947 bits per heavy atom. The minimum absolute atomic E-state index is 0.209. The Labute approximate surface area is 114 Å². The van der Waals surface area contributed by atoms with E-state index in [0.717, 1.165) is 49.6 Å². The normalized spacial score (nSPS) is 44.5. The van der Waals surface area contributed by atoms with Gasteiger partial charge in [0.2, 0.25) is 0 Å². The molecule has 0 radical (unpaired) electrons. The fourth-order valence-electron chi connectivity index (χ4n) is 5.22. The lowest BCUT2D eigenvalue weighted by Gasteiger charge is -2.54. The van der Waals surface area contributed by atoms with Crippen molar-refractivity contribution >= 4 is 6.09 Å². The molecule has 1 saturated heterocycles. The van der Waals surface area contributed by atoms with Crippen LogP contribution in [0.4, 0.5) is 4.79 Å². The molecule has 1 amide bonds. The number of hydrogen-bond donors (Lipinski definition) is 1. The van der Waals surface area contributed by atoms with Gasteiger partial charge in [-0.3, -0.25) is 0 Å². The Bertz CT molecular complexity index is 337. The molecule has 5 fully saturated rings. The Kier molecular flexibility index (Phi) is 2.94. The maximum Gasteiger partial charge on any atom is 0.426 e. The van der Waals surface area contributed by atoms with Gasteiger partial charge in [0, 0.05) is 19.1 Å². The molecule has 19 heavy (non-hydrogen) atoms. The predicted molar refractivity (Wildman–Crippen MR) is 71.3 cm³/mol. The van der Waals surface area contributed by atoms with Gasteiger partial charge in [-0.25, -0.2) is 4.79 Å². The molecule has 0 aromatic rings. The minimum Gasteiger partial charge on any atom is -0.351 e. The first-order valence-corrected chi connectivity index (χ1v) is 8.01. The Morgan fingerprint density at radius 2 is 1.53 bits per heavy atom. The van der Waals surface area contributed by atoms with Gasteiger partial charge in [0.1, 0.15) is 0 Å². The summed E-state index contributed by atoms with van der Waals surface area (Å²) in [5, 5.41) is 5.00. The third-order valence-corrected chi connectivity index (χ3v) is 5.79. The molecule has 0 aromatic carbocycles. The molecule has 106 valence electrons. The second-order valence-electron chi connectivity index (χ2n) is 7.12. The van der Waals surface area contributed by atoms with Crippen molar-refractivity contribution in [1.82, 2.24) is 10.4 Å². The summed E-state index contributed by atoms with van der Waals surface area (Å²) in [4.78, 5) is 17.4. The summed E-state index contributed by atoms with van der Waals surface area (Å²) in [5.41, 5.74) is 0. The summed E-state index contributed by atoms with van der Waals surface area (Å²) in [7, 11) is 0. The van der Waals surface area contributed by atoms with Crippen molar-refractivity contribution in [2.24, 2.45) is 23.7 Å². The van der Waals surface area contributed by atoms with Crippen LogP contribution in [0.5, 0.6) is 0 Å². The molecule has 4 bridgehead atoms. The molecule has 4 aliphatic carbocycles. The SMILES string of the molecule is O=C(NC1C2CC3CC(C2)CC1C3)ON1CCCC1. The van der Waals surface area contributed by atoms with Crippen LogP contribution in [0.25, 0.3) is 0 Å². The molecule has 5 rings (SSSR count). The highest BCUT2D eigenvalue weighted by Gasteiger charge is 2.48.